The van der Waals surface area contributed by atoms with Gasteiger partial charge in [0.2, 0.25) is 0 Å². The van der Waals surface area contributed by atoms with Crippen LogP contribution in [0.3, 0.4) is 0 Å². The molecule has 0 fully saturated rings. The van der Waals surface area contributed by atoms with Crippen LogP contribution in [0.1, 0.15) is 30.8 Å². The van der Waals surface area contributed by atoms with Gasteiger partial charge in [0.05, 0.1) is 5.69 Å². The van der Waals surface area contributed by atoms with Crippen molar-refractivity contribution in [1.82, 2.24) is 19.7 Å². The molecule has 0 spiro atoms. The second-order valence-electron chi connectivity index (χ2n) is 3.86. The monoisotopic (exact) mass is 250 g/mol. The molecule has 0 radical (unpaired) electrons. The lowest BCUT2D eigenvalue weighted by atomic mass is 10.2. The molecule has 2 rings (SSSR count). The predicted octanol–water partition coefficient (Wildman–Crippen LogP) is 2.75. The molecule has 5 heteroatoms. The van der Waals surface area contributed by atoms with Crippen molar-refractivity contribution in [3.05, 3.63) is 34.5 Å². The number of hydrogen-bond acceptors (Lipinski definition) is 3. The van der Waals surface area contributed by atoms with Gasteiger partial charge in [-0.15, -0.1) is 0 Å². The van der Waals surface area contributed by atoms with E-state index in [1.54, 1.807) is 0 Å². The third-order valence-corrected chi connectivity index (χ3v) is 3.14. The molecule has 0 bridgehead atoms. The maximum atomic E-state index is 6.01. The van der Waals surface area contributed by atoms with E-state index in [9.17, 15) is 0 Å². The Morgan fingerprint density at radius 2 is 2.00 bits per heavy atom. The zero-order chi connectivity index (χ0) is 12.4. The smallest absolute Gasteiger partial charge is 0.161 e. The van der Waals surface area contributed by atoms with Gasteiger partial charge in [-0.25, -0.2) is 14.6 Å². The fourth-order valence-electron chi connectivity index (χ4n) is 1.72. The van der Waals surface area contributed by atoms with E-state index in [0.717, 1.165) is 35.6 Å². The third kappa shape index (κ3) is 2.17. The van der Waals surface area contributed by atoms with Crippen LogP contribution in [0.15, 0.2) is 12.4 Å². The first-order chi connectivity index (χ1) is 8.17. The minimum absolute atomic E-state index is 0.477. The van der Waals surface area contributed by atoms with Gasteiger partial charge in [0.1, 0.15) is 11.5 Å². The van der Waals surface area contributed by atoms with Gasteiger partial charge < -0.3 is 0 Å². The van der Waals surface area contributed by atoms with Crippen LogP contribution in [0.5, 0.6) is 0 Å². The highest BCUT2D eigenvalue weighted by Crippen LogP contribution is 2.19. The van der Waals surface area contributed by atoms with E-state index in [2.05, 4.69) is 35.0 Å². The Labute approximate surface area is 106 Å². The summed E-state index contributed by atoms with van der Waals surface area (Å²) in [6.07, 6.45) is 3.29. The molecule has 90 valence electrons. The zero-order valence-electron chi connectivity index (χ0n) is 10.2. The summed E-state index contributed by atoms with van der Waals surface area (Å²) in [4.78, 5) is 8.23. The summed E-state index contributed by atoms with van der Waals surface area (Å²) in [6, 6.07) is 2.11. The van der Waals surface area contributed by atoms with Crippen molar-refractivity contribution in [3.8, 4) is 5.82 Å². The topological polar surface area (TPSA) is 43.6 Å². The largest absolute Gasteiger partial charge is 0.224 e. The lowest BCUT2D eigenvalue weighted by Gasteiger charge is -2.08. The molecule has 0 saturated carbocycles. The van der Waals surface area contributed by atoms with E-state index in [4.69, 9.17) is 11.6 Å². The van der Waals surface area contributed by atoms with Crippen LogP contribution in [0.25, 0.3) is 5.82 Å². The average molecular weight is 251 g/mol. The molecular weight excluding hydrogens is 236 g/mol. The SMILES string of the molecule is CCc1cc(CC)n(-c2ncnc(Cl)c2C)n1. The number of hydrogen-bond donors (Lipinski definition) is 0. The number of nitrogens with zero attached hydrogens (tertiary/aromatic N) is 4. The Morgan fingerprint density at radius 3 is 2.65 bits per heavy atom. The van der Waals surface area contributed by atoms with Crippen LogP contribution in [-0.4, -0.2) is 19.7 Å². The molecule has 0 N–H and O–H groups in total. The highest BCUT2D eigenvalue weighted by atomic mass is 35.5. The lowest BCUT2D eigenvalue weighted by molar-refractivity contribution is 0.762. The van der Waals surface area contributed by atoms with Crippen molar-refractivity contribution in [3.63, 3.8) is 0 Å². The second kappa shape index (κ2) is 4.84. The molecule has 0 unspecified atom stereocenters. The quantitative estimate of drug-likeness (QED) is 0.787. The van der Waals surface area contributed by atoms with Gasteiger partial charge in [-0.3, -0.25) is 0 Å². The van der Waals surface area contributed by atoms with Gasteiger partial charge in [-0.1, -0.05) is 25.4 Å². The molecule has 2 heterocycles. The molecule has 0 saturated heterocycles. The summed E-state index contributed by atoms with van der Waals surface area (Å²) in [5, 5.41) is 5.02. The van der Waals surface area contributed by atoms with Gasteiger partial charge in [0.15, 0.2) is 5.82 Å². The van der Waals surface area contributed by atoms with Crippen molar-refractivity contribution >= 4 is 11.6 Å². The molecule has 0 atom stereocenters. The van der Waals surface area contributed by atoms with Crippen LogP contribution in [0.4, 0.5) is 0 Å². The minimum atomic E-state index is 0.477. The molecule has 0 amide bonds. The van der Waals surface area contributed by atoms with Crippen LogP contribution < -0.4 is 0 Å². The van der Waals surface area contributed by atoms with Gasteiger partial charge in [0, 0.05) is 11.3 Å². The second-order valence-corrected chi connectivity index (χ2v) is 4.22. The maximum Gasteiger partial charge on any atom is 0.161 e. The fourth-order valence-corrected chi connectivity index (χ4v) is 1.84. The van der Waals surface area contributed by atoms with Crippen LogP contribution in [0.2, 0.25) is 5.15 Å². The first-order valence-electron chi connectivity index (χ1n) is 5.72. The molecule has 0 aliphatic heterocycles. The van der Waals surface area contributed by atoms with Crippen LogP contribution >= 0.6 is 11.6 Å². The molecular formula is C12H15ClN4. The summed E-state index contributed by atoms with van der Waals surface area (Å²) in [5.41, 5.74) is 3.06. The minimum Gasteiger partial charge on any atom is -0.224 e. The molecule has 17 heavy (non-hydrogen) atoms. The standard InChI is InChI=1S/C12H15ClN4/c1-4-9-6-10(5-2)17(16-9)12-8(3)11(13)14-7-15-12/h6-7H,4-5H2,1-3H3. The first kappa shape index (κ1) is 12.0. The summed E-state index contributed by atoms with van der Waals surface area (Å²) >= 11 is 6.01. The molecule has 0 aliphatic carbocycles. The van der Waals surface area contributed by atoms with Crippen molar-refractivity contribution < 1.29 is 0 Å². The average Bonchev–Trinajstić information content (AvgIpc) is 2.76. The highest BCUT2D eigenvalue weighted by molar-refractivity contribution is 6.30. The maximum absolute atomic E-state index is 6.01. The highest BCUT2D eigenvalue weighted by Gasteiger charge is 2.12. The van der Waals surface area contributed by atoms with Crippen LogP contribution in [0, 0.1) is 6.92 Å². The summed E-state index contributed by atoms with van der Waals surface area (Å²) in [5.74, 6) is 0.765. The number of halogens is 1. The Balaban J connectivity index is 2.59. The third-order valence-electron chi connectivity index (χ3n) is 2.75. The molecule has 4 nitrogen and oxygen atoms in total. The Hall–Kier alpha value is -1.42. The van der Waals surface area contributed by atoms with E-state index < -0.39 is 0 Å². The van der Waals surface area contributed by atoms with Crippen molar-refractivity contribution in [2.45, 2.75) is 33.6 Å². The van der Waals surface area contributed by atoms with E-state index in [0.29, 0.717) is 5.15 Å². The van der Waals surface area contributed by atoms with Crippen LogP contribution in [-0.2, 0) is 12.8 Å². The van der Waals surface area contributed by atoms with Gasteiger partial charge in [-0.05, 0) is 25.8 Å². The molecule has 0 aliphatic rings. The first-order valence-corrected chi connectivity index (χ1v) is 6.10. The van der Waals surface area contributed by atoms with Crippen molar-refractivity contribution in [2.24, 2.45) is 0 Å². The summed E-state index contributed by atoms with van der Waals surface area (Å²) < 4.78 is 1.86. The molecule has 2 aromatic rings. The number of rotatable bonds is 3. The lowest BCUT2D eigenvalue weighted by Crippen LogP contribution is -2.07. The normalized spacial score (nSPS) is 10.8. The number of aryl methyl sites for hydroxylation is 2. The van der Waals surface area contributed by atoms with Crippen molar-refractivity contribution in [1.29, 1.82) is 0 Å². The summed E-state index contributed by atoms with van der Waals surface area (Å²) in [7, 11) is 0. The Bertz CT molecular complexity index is 533. The van der Waals surface area contributed by atoms with E-state index in [1.165, 1.54) is 6.33 Å². The Morgan fingerprint density at radius 1 is 1.24 bits per heavy atom. The van der Waals surface area contributed by atoms with E-state index in [-0.39, 0.29) is 0 Å². The van der Waals surface area contributed by atoms with Crippen molar-refractivity contribution in [2.75, 3.05) is 0 Å². The van der Waals surface area contributed by atoms with E-state index in [1.807, 2.05) is 11.6 Å². The van der Waals surface area contributed by atoms with E-state index >= 15 is 0 Å². The molecule has 2 aromatic heterocycles. The zero-order valence-corrected chi connectivity index (χ0v) is 11.0. The molecule has 0 aromatic carbocycles. The number of aromatic nitrogens is 4. The fraction of sp³-hybridized carbons (Fsp3) is 0.417. The predicted molar refractivity (Wildman–Crippen MR) is 67.7 cm³/mol. The Kier molecular flexibility index (Phi) is 3.43. The van der Waals surface area contributed by atoms with Gasteiger partial charge >= 0.3 is 0 Å². The summed E-state index contributed by atoms with van der Waals surface area (Å²) in [6.45, 7) is 6.10. The van der Waals surface area contributed by atoms with Gasteiger partial charge in [-0.2, -0.15) is 5.10 Å². The van der Waals surface area contributed by atoms with Gasteiger partial charge in [0.25, 0.3) is 0 Å².